The van der Waals surface area contributed by atoms with Gasteiger partial charge in [0.2, 0.25) is 0 Å². The topological polar surface area (TPSA) is 78.5 Å². The van der Waals surface area contributed by atoms with Crippen molar-refractivity contribution >= 4 is 0 Å². The third-order valence-electron chi connectivity index (χ3n) is 4.02. The number of hydrogen-bond acceptors (Lipinski definition) is 4. The normalized spacial score (nSPS) is 10.6. The second-order valence-corrected chi connectivity index (χ2v) is 5.67. The number of hydrogen-bond donors (Lipinski definition) is 1. The number of nitrogens with zero attached hydrogens (tertiary/aromatic N) is 3. The summed E-state index contributed by atoms with van der Waals surface area (Å²) >= 11 is 0. The molecule has 0 bridgehead atoms. The Morgan fingerprint density at radius 3 is 2.64 bits per heavy atom. The number of nitrogens with one attached hydrogen (secondary N) is 1. The van der Waals surface area contributed by atoms with Crippen LogP contribution in [0.15, 0.2) is 65.3 Å². The Hall–Kier alpha value is -3.65. The number of aromatic amines is 1. The van der Waals surface area contributed by atoms with Crippen LogP contribution < -0.4 is 0 Å². The van der Waals surface area contributed by atoms with Gasteiger partial charge in [0.05, 0.1) is 29.1 Å². The van der Waals surface area contributed by atoms with Crippen LogP contribution in [0, 0.1) is 18.3 Å². The highest BCUT2D eigenvalue weighted by Crippen LogP contribution is 2.34. The molecule has 2 heterocycles. The second kappa shape index (κ2) is 6.10. The van der Waals surface area contributed by atoms with Gasteiger partial charge in [0, 0.05) is 11.1 Å². The average molecular weight is 326 g/mol. The van der Waals surface area contributed by atoms with E-state index >= 15 is 0 Å². The molecule has 2 aromatic carbocycles. The van der Waals surface area contributed by atoms with Gasteiger partial charge in [-0.15, -0.1) is 0 Å². The van der Waals surface area contributed by atoms with Gasteiger partial charge in [0.1, 0.15) is 17.3 Å². The van der Waals surface area contributed by atoms with Gasteiger partial charge in [-0.05, 0) is 19.1 Å². The van der Waals surface area contributed by atoms with Crippen LogP contribution >= 0.6 is 0 Å². The predicted octanol–water partition coefficient (Wildman–Crippen LogP) is 4.58. The van der Waals surface area contributed by atoms with Crippen molar-refractivity contribution in [2.75, 3.05) is 0 Å². The zero-order valence-corrected chi connectivity index (χ0v) is 13.5. The fraction of sp³-hybridized carbons (Fsp3) is 0.0500. The zero-order chi connectivity index (χ0) is 17.2. The van der Waals surface area contributed by atoms with Crippen molar-refractivity contribution in [3.8, 4) is 40.0 Å². The molecule has 4 rings (SSSR count). The lowest BCUT2D eigenvalue weighted by Gasteiger charge is -2.01. The second-order valence-electron chi connectivity index (χ2n) is 5.67. The molecular weight excluding hydrogens is 312 g/mol. The van der Waals surface area contributed by atoms with Gasteiger partial charge in [-0.1, -0.05) is 47.6 Å². The first-order valence-electron chi connectivity index (χ1n) is 7.84. The van der Waals surface area contributed by atoms with Crippen LogP contribution in [-0.4, -0.2) is 15.1 Å². The summed E-state index contributed by atoms with van der Waals surface area (Å²) in [5, 5.41) is 13.3. The van der Waals surface area contributed by atoms with Gasteiger partial charge in [-0.2, -0.15) is 5.26 Å². The molecule has 4 aromatic rings. The van der Waals surface area contributed by atoms with Gasteiger partial charge in [0.15, 0.2) is 0 Å². The van der Waals surface area contributed by atoms with E-state index in [4.69, 9.17) is 9.78 Å². The maximum atomic E-state index is 9.06. The lowest BCUT2D eigenvalue weighted by atomic mass is 10.0. The maximum absolute atomic E-state index is 9.06. The smallest absolute Gasteiger partial charge is 0.143 e. The standard InChI is InChI=1S/C20H14N4O/c1-13-18(19(24-25-13)15-7-3-2-4-8-15)17-12-22-20(23-17)16-9-5-6-14(10-16)11-21/h2-10,12H,1H3,(H,22,23). The lowest BCUT2D eigenvalue weighted by molar-refractivity contribution is 0.400. The van der Waals surface area contributed by atoms with Crippen LogP contribution in [0.5, 0.6) is 0 Å². The van der Waals surface area contributed by atoms with Crippen molar-refractivity contribution < 1.29 is 4.52 Å². The fourth-order valence-electron chi connectivity index (χ4n) is 2.81. The Morgan fingerprint density at radius 1 is 1.04 bits per heavy atom. The third-order valence-corrected chi connectivity index (χ3v) is 4.02. The van der Waals surface area contributed by atoms with Crippen LogP contribution in [-0.2, 0) is 0 Å². The first-order chi connectivity index (χ1) is 12.3. The van der Waals surface area contributed by atoms with E-state index in [1.165, 1.54) is 0 Å². The van der Waals surface area contributed by atoms with E-state index in [1.54, 1.807) is 18.3 Å². The Bertz CT molecular complexity index is 1070. The van der Waals surface area contributed by atoms with Crippen molar-refractivity contribution in [2.24, 2.45) is 0 Å². The predicted molar refractivity (Wildman–Crippen MR) is 94.4 cm³/mol. The van der Waals surface area contributed by atoms with Gasteiger partial charge in [0.25, 0.3) is 0 Å². The van der Waals surface area contributed by atoms with Crippen LogP contribution in [0.4, 0.5) is 0 Å². The highest BCUT2D eigenvalue weighted by atomic mass is 16.5. The summed E-state index contributed by atoms with van der Waals surface area (Å²) in [6, 6.07) is 19.4. The number of benzene rings is 2. The number of nitriles is 1. The minimum Gasteiger partial charge on any atom is -0.360 e. The minimum absolute atomic E-state index is 0.599. The SMILES string of the molecule is Cc1onc(-c2ccccc2)c1-c1cnc(-c2cccc(C#N)c2)[nH]1. The van der Waals surface area contributed by atoms with Crippen LogP contribution in [0.2, 0.25) is 0 Å². The van der Waals surface area contributed by atoms with E-state index in [9.17, 15) is 0 Å². The van der Waals surface area contributed by atoms with Crippen LogP contribution in [0.3, 0.4) is 0 Å². The molecule has 0 unspecified atom stereocenters. The maximum Gasteiger partial charge on any atom is 0.143 e. The molecule has 0 radical (unpaired) electrons. The number of imidazole rings is 1. The molecule has 0 saturated carbocycles. The highest BCUT2D eigenvalue weighted by Gasteiger charge is 2.18. The first kappa shape index (κ1) is 14.9. The van der Waals surface area contributed by atoms with Gasteiger partial charge in [-0.3, -0.25) is 0 Å². The van der Waals surface area contributed by atoms with E-state index in [1.807, 2.05) is 49.4 Å². The molecule has 0 fully saturated rings. The number of rotatable bonds is 3. The largest absolute Gasteiger partial charge is 0.360 e. The Balaban J connectivity index is 1.79. The summed E-state index contributed by atoms with van der Waals surface area (Å²) in [6.45, 7) is 1.88. The summed E-state index contributed by atoms with van der Waals surface area (Å²) in [5.41, 5.74) is 4.94. The Morgan fingerprint density at radius 2 is 1.84 bits per heavy atom. The molecule has 0 spiro atoms. The third kappa shape index (κ3) is 2.70. The lowest BCUT2D eigenvalue weighted by Crippen LogP contribution is -1.85. The van der Waals surface area contributed by atoms with E-state index in [2.05, 4.69) is 21.2 Å². The molecule has 120 valence electrons. The minimum atomic E-state index is 0.599. The fourth-order valence-corrected chi connectivity index (χ4v) is 2.81. The summed E-state index contributed by atoms with van der Waals surface area (Å²) in [5.74, 6) is 1.42. The van der Waals surface area contributed by atoms with Crippen LogP contribution in [0.25, 0.3) is 33.9 Å². The molecule has 5 nitrogen and oxygen atoms in total. The summed E-state index contributed by atoms with van der Waals surface area (Å²) in [4.78, 5) is 7.77. The van der Waals surface area contributed by atoms with Crippen molar-refractivity contribution in [1.82, 2.24) is 15.1 Å². The van der Waals surface area contributed by atoms with E-state index in [0.717, 1.165) is 33.8 Å². The molecule has 0 atom stereocenters. The molecule has 0 aliphatic rings. The van der Waals surface area contributed by atoms with Crippen molar-refractivity contribution in [1.29, 1.82) is 5.26 Å². The summed E-state index contributed by atoms with van der Waals surface area (Å²) < 4.78 is 5.42. The quantitative estimate of drug-likeness (QED) is 0.598. The van der Waals surface area contributed by atoms with Crippen molar-refractivity contribution in [2.45, 2.75) is 6.92 Å². The number of H-pyrrole nitrogens is 1. The molecule has 0 saturated heterocycles. The molecular formula is C20H14N4O. The average Bonchev–Trinajstić information content (AvgIpc) is 3.29. The van der Waals surface area contributed by atoms with Gasteiger partial charge < -0.3 is 9.51 Å². The van der Waals surface area contributed by atoms with Crippen LogP contribution in [0.1, 0.15) is 11.3 Å². The summed E-state index contributed by atoms with van der Waals surface area (Å²) in [7, 11) is 0. The molecule has 0 aliphatic heterocycles. The van der Waals surface area contributed by atoms with Gasteiger partial charge in [-0.25, -0.2) is 4.98 Å². The zero-order valence-electron chi connectivity index (χ0n) is 13.5. The Labute approximate surface area is 144 Å². The first-order valence-corrected chi connectivity index (χ1v) is 7.84. The van der Waals surface area contributed by atoms with Gasteiger partial charge >= 0.3 is 0 Å². The molecule has 25 heavy (non-hydrogen) atoms. The Kier molecular flexibility index (Phi) is 3.64. The summed E-state index contributed by atoms with van der Waals surface area (Å²) in [6.07, 6.45) is 1.76. The molecule has 5 heteroatoms. The van der Waals surface area contributed by atoms with E-state index in [0.29, 0.717) is 11.4 Å². The highest BCUT2D eigenvalue weighted by molar-refractivity contribution is 5.80. The molecule has 2 aromatic heterocycles. The van der Waals surface area contributed by atoms with E-state index in [-0.39, 0.29) is 0 Å². The monoisotopic (exact) mass is 326 g/mol. The van der Waals surface area contributed by atoms with Crippen molar-refractivity contribution in [3.63, 3.8) is 0 Å². The molecule has 1 N–H and O–H groups in total. The number of aryl methyl sites for hydroxylation is 1. The van der Waals surface area contributed by atoms with E-state index < -0.39 is 0 Å². The number of aromatic nitrogens is 3. The van der Waals surface area contributed by atoms with Crippen molar-refractivity contribution in [3.05, 3.63) is 72.1 Å². The molecule has 0 aliphatic carbocycles. The molecule has 0 amide bonds.